The number of methoxy groups -OCH3 is 1. The molecule has 3 heterocycles. The second-order valence-corrected chi connectivity index (χ2v) is 8.95. The topological polar surface area (TPSA) is 95.3 Å². The van der Waals surface area contributed by atoms with Crippen LogP contribution < -0.4 is 20.3 Å². The van der Waals surface area contributed by atoms with Gasteiger partial charge in [-0.15, -0.1) is 22.7 Å². The van der Waals surface area contributed by atoms with E-state index in [2.05, 4.69) is 15.4 Å². The molecular formula is C23H22N4O4S2. The first-order valence-electron chi connectivity index (χ1n) is 10.2. The summed E-state index contributed by atoms with van der Waals surface area (Å²) in [5, 5.41) is 10.2. The summed E-state index contributed by atoms with van der Waals surface area (Å²) in [7, 11) is 1.58. The normalized spacial score (nSPS) is 10.7. The fourth-order valence-corrected chi connectivity index (χ4v) is 4.87. The van der Waals surface area contributed by atoms with Gasteiger partial charge in [-0.05, 0) is 48.7 Å². The minimum absolute atomic E-state index is 0.125. The third-order valence-electron chi connectivity index (χ3n) is 4.70. The second kappa shape index (κ2) is 10.4. The molecule has 0 atom stereocenters. The Labute approximate surface area is 198 Å². The predicted octanol–water partition coefficient (Wildman–Crippen LogP) is 3.61. The third kappa shape index (κ3) is 5.65. The highest BCUT2D eigenvalue weighted by Crippen LogP contribution is 2.35. The molecule has 0 radical (unpaired) electrons. The van der Waals surface area contributed by atoms with E-state index in [1.807, 2.05) is 24.4 Å². The molecule has 0 aliphatic heterocycles. The molecule has 4 rings (SSSR count). The van der Waals surface area contributed by atoms with Crippen molar-refractivity contribution in [3.8, 4) is 32.0 Å². The number of amides is 1. The summed E-state index contributed by atoms with van der Waals surface area (Å²) < 4.78 is 11.9. The summed E-state index contributed by atoms with van der Waals surface area (Å²) in [5.74, 6) is 0.996. The fraction of sp³-hybridized carbons (Fsp3) is 0.217. The van der Waals surface area contributed by atoms with Crippen molar-refractivity contribution in [3.05, 3.63) is 70.0 Å². The van der Waals surface area contributed by atoms with Crippen LogP contribution in [0.3, 0.4) is 0 Å². The zero-order valence-corrected chi connectivity index (χ0v) is 19.7. The highest BCUT2D eigenvalue weighted by molar-refractivity contribution is 7.23. The molecule has 0 aliphatic carbocycles. The van der Waals surface area contributed by atoms with E-state index in [0.717, 1.165) is 20.5 Å². The average molecular weight is 483 g/mol. The number of ether oxygens (including phenoxy) is 2. The molecule has 170 valence electrons. The predicted molar refractivity (Wildman–Crippen MR) is 129 cm³/mol. The number of aryl methyl sites for hydroxylation is 1. The molecule has 1 amide bonds. The van der Waals surface area contributed by atoms with E-state index < -0.39 is 0 Å². The Bertz CT molecular complexity index is 1280. The number of thiazole rings is 1. The molecule has 1 N–H and O–H groups in total. The van der Waals surface area contributed by atoms with Gasteiger partial charge in [0.05, 0.1) is 29.1 Å². The summed E-state index contributed by atoms with van der Waals surface area (Å²) in [5.41, 5.74) is 1.31. The Morgan fingerprint density at radius 2 is 1.91 bits per heavy atom. The molecule has 3 aromatic heterocycles. The molecule has 0 aliphatic rings. The average Bonchev–Trinajstić information content (AvgIpc) is 3.49. The SMILES string of the molecule is COc1ccc(OCC(=O)NCCn2nc(-c3sc(-c4cccs4)nc3C)ccc2=O)cc1. The third-order valence-corrected chi connectivity index (χ3v) is 6.92. The van der Waals surface area contributed by atoms with Crippen LogP contribution in [-0.4, -0.2) is 40.9 Å². The zero-order chi connectivity index (χ0) is 23.2. The van der Waals surface area contributed by atoms with Crippen molar-refractivity contribution in [1.29, 1.82) is 0 Å². The van der Waals surface area contributed by atoms with Crippen LogP contribution in [0.1, 0.15) is 5.69 Å². The van der Waals surface area contributed by atoms with Crippen LogP contribution in [0.2, 0.25) is 0 Å². The number of nitrogens with zero attached hydrogens (tertiary/aromatic N) is 3. The number of rotatable bonds is 9. The van der Waals surface area contributed by atoms with Crippen molar-refractivity contribution in [2.75, 3.05) is 20.3 Å². The van der Waals surface area contributed by atoms with Gasteiger partial charge < -0.3 is 14.8 Å². The van der Waals surface area contributed by atoms with Crippen LogP contribution in [0.15, 0.2) is 58.7 Å². The molecule has 10 heteroatoms. The Kier molecular flexibility index (Phi) is 7.16. The quantitative estimate of drug-likeness (QED) is 0.392. The minimum Gasteiger partial charge on any atom is -0.497 e. The second-order valence-electron chi connectivity index (χ2n) is 7.00. The summed E-state index contributed by atoms with van der Waals surface area (Å²) in [6, 6.07) is 14.2. The molecule has 0 spiro atoms. The Morgan fingerprint density at radius 1 is 1.12 bits per heavy atom. The molecule has 33 heavy (non-hydrogen) atoms. The number of benzene rings is 1. The maximum absolute atomic E-state index is 12.3. The number of thiophene rings is 1. The first kappa shape index (κ1) is 22.7. The number of nitrogens with one attached hydrogen (secondary N) is 1. The van der Waals surface area contributed by atoms with Crippen LogP contribution in [0, 0.1) is 6.92 Å². The zero-order valence-electron chi connectivity index (χ0n) is 18.1. The smallest absolute Gasteiger partial charge is 0.266 e. The van der Waals surface area contributed by atoms with Crippen LogP contribution in [0.25, 0.3) is 20.5 Å². The first-order valence-corrected chi connectivity index (χ1v) is 11.9. The highest BCUT2D eigenvalue weighted by Gasteiger charge is 2.14. The molecule has 8 nitrogen and oxygen atoms in total. The maximum atomic E-state index is 12.3. The Hall–Kier alpha value is -3.50. The van der Waals surface area contributed by atoms with Gasteiger partial charge in [0.2, 0.25) is 0 Å². The van der Waals surface area contributed by atoms with Crippen molar-refractivity contribution in [1.82, 2.24) is 20.1 Å². The van der Waals surface area contributed by atoms with E-state index in [1.165, 1.54) is 10.7 Å². The number of hydrogen-bond acceptors (Lipinski definition) is 8. The lowest BCUT2D eigenvalue weighted by atomic mass is 10.3. The molecule has 0 unspecified atom stereocenters. The van der Waals surface area contributed by atoms with Gasteiger partial charge in [-0.2, -0.15) is 5.10 Å². The van der Waals surface area contributed by atoms with Gasteiger partial charge in [0, 0.05) is 12.6 Å². The lowest BCUT2D eigenvalue weighted by Crippen LogP contribution is -2.34. The van der Waals surface area contributed by atoms with Gasteiger partial charge in [0.1, 0.15) is 22.2 Å². The molecule has 4 aromatic rings. The van der Waals surface area contributed by atoms with Crippen molar-refractivity contribution in [3.63, 3.8) is 0 Å². The lowest BCUT2D eigenvalue weighted by Gasteiger charge is -2.09. The van der Waals surface area contributed by atoms with Crippen molar-refractivity contribution < 1.29 is 14.3 Å². The number of hydrogen-bond donors (Lipinski definition) is 1. The van der Waals surface area contributed by atoms with Gasteiger partial charge in [-0.3, -0.25) is 9.59 Å². The van der Waals surface area contributed by atoms with E-state index in [4.69, 9.17) is 9.47 Å². The molecule has 0 fully saturated rings. The van der Waals surface area contributed by atoms with Crippen molar-refractivity contribution in [2.45, 2.75) is 13.5 Å². The van der Waals surface area contributed by atoms with Gasteiger partial charge >= 0.3 is 0 Å². The maximum Gasteiger partial charge on any atom is 0.266 e. The van der Waals surface area contributed by atoms with E-state index in [0.29, 0.717) is 17.2 Å². The molecule has 1 aromatic carbocycles. The fourth-order valence-electron chi connectivity index (χ4n) is 3.04. The number of carbonyl (C=O) groups excluding carboxylic acids is 1. The molecule has 0 saturated heterocycles. The van der Waals surface area contributed by atoms with Crippen LogP contribution >= 0.6 is 22.7 Å². The van der Waals surface area contributed by atoms with Crippen LogP contribution in [0.5, 0.6) is 11.5 Å². The highest BCUT2D eigenvalue weighted by atomic mass is 32.1. The summed E-state index contributed by atoms with van der Waals surface area (Å²) >= 11 is 3.18. The Morgan fingerprint density at radius 3 is 2.64 bits per heavy atom. The monoisotopic (exact) mass is 482 g/mol. The van der Waals surface area contributed by atoms with E-state index in [1.54, 1.807) is 60.1 Å². The summed E-state index contributed by atoms with van der Waals surface area (Å²) in [4.78, 5) is 31.0. The minimum atomic E-state index is -0.283. The van der Waals surface area contributed by atoms with Gasteiger partial charge in [0.15, 0.2) is 6.61 Å². The molecule has 0 saturated carbocycles. The number of carbonyl (C=O) groups is 1. The Balaban J connectivity index is 1.35. The van der Waals surface area contributed by atoms with Crippen molar-refractivity contribution >= 4 is 28.6 Å². The van der Waals surface area contributed by atoms with E-state index in [-0.39, 0.29) is 31.2 Å². The van der Waals surface area contributed by atoms with E-state index in [9.17, 15) is 9.59 Å². The summed E-state index contributed by atoms with van der Waals surface area (Å²) in [6.07, 6.45) is 0. The number of aromatic nitrogens is 3. The molecule has 0 bridgehead atoms. The standard InChI is InChI=1S/C23H22N4O4S2/c1-15-22(33-23(25-15)19-4-3-13-32-19)18-9-10-21(29)27(26-18)12-11-24-20(28)14-31-17-7-5-16(30-2)6-8-17/h3-10,13H,11-12,14H2,1-2H3,(H,24,28). The largest absolute Gasteiger partial charge is 0.497 e. The van der Waals surface area contributed by atoms with Crippen molar-refractivity contribution in [2.24, 2.45) is 0 Å². The van der Waals surface area contributed by atoms with Crippen LogP contribution in [0.4, 0.5) is 0 Å². The van der Waals surface area contributed by atoms with Crippen LogP contribution in [-0.2, 0) is 11.3 Å². The summed E-state index contributed by atoms with van der Waals surface area (Å²) in [6.45, 7) is 2.31. The van der Waals surface area contributed by atoms with Gasteiger partial charge in [0.25, 0.3) is 11.5 Å². The molecular weight excluding hydrogens is 460 g/mol. The lowest BCUT2D eigenvalue weighted by molar-refractivity contribution is -0.123. The first-order chi connectivity index (χ1) is 16.0. The van der Waals surface area contributed by atoms with Gasteiger partial charge in [-0.25, -0.2) is 9.67 Å². The van der Waals surface area contributed by atoms with E-state index >= 15 is 0 Å². The van der Waals surface area contributed by atoms with Gasteiger partial charge in [-0.1, -0.05) is 6.07 Å².